The van der Waals surface area contributed by atoms with Gasteiger partial charge in [-0.2, -0.15) is 0 Å². The molecule has 23 heavy (non-hydrogen) atoms. The zero-order valence-electron chi connectivity index (χ0n) is 13.3. The molecule has 0 saturated carbocycles. The number of hydrogen-bond donors (Lipinski definition) is 3. The van der Waals surface area contributed by atoms with E-state index >= 15 is 0 Å². The molecule has 1 fully saturated rings. The van der Waals surface area contributed by atoms with Crippen LogP contribution >= 0.6 is 0 Å². The number of likely N-dealkylation sites (tertiary alicyclic amines) is 1. The SMILES string of the molecule is Cc1cc2cc(NC(=O)C(=O)N3CCC(C(C)O)C3)ccc2[nH]1. The fourth-order valence-electron chi connectivity index (χ4n) is 3.05. The zero-order valence-corrected chi connectivity index (χ0v) is 13.3. The molecule has 1 aliphatic rings. The molecular formula is C17H21N3O3. The molecule has 0 radical (unpaired) electrons. The summed E-state index contributed by atoms with van der Waals surface area (Å²) in [4.78, 5) is 29.1. The third-order valence-electron chi connectivity index (χ3n) is 4.40. The van der Waals surface area contributed by atoms with Crippen LogP contribution in [-0.2, 0) is 9.59 Å². The minimum Gasteiger partial charge on any atom is -0.393 e. The number of aromatic amines is 1. The van der Waals surface area contributed by atoms with Crippen molar-refractivity contribution in [2.24, 2.45) is 5.92 Å². The van der Waals surface area contributed by atoms with Gasteiger partial charge in [0.1, 0.15) is 0 Å². The Bertz CT molecular complexity index is 751. The highest BCUT2D eigenvalue weighted by Crippen LogP contribution is 2.22. The lowest BCUT2D eigenvalue weighted by molar-refractivity contribution is -0.142. The number of amides is 2. The Morgan fingerprint density at radius 2 is 2.17 bits per heavy atom. The first kappa shape index (κ1) is 15.6. The van der Waals surface area contributed by atoms with Crippen molar-refractivity contribution in [2.75, 3.05) is 18.4 Å². The molecular weight excluding hydrogens is 294 g/mol. The largest absolute Gasteiger partial charge is 0.393 e. The molecule has 0 aliphatic carbocycles. The highest BCUT2D eigenvalue weighted by atomic mass is 16.3. The van der Waals surface area contributed by atoms with Gasteiger partial charge >= 0.3 is 11.8 Å². The van der Waals surface area contributed by atoms with Crippen molar-refractivity contribution in [1.82, 2.24) is 9.88 Å². The molecule has 2 atom stereocenters. The smallest absolute Gasteiger partial charge is 0.313 e. The molecule has 2 amide bonds. The van der Waals surface area contributed by atoms with Crippen LogP contribution in [0.5, 0.6) is 0 Å². The summed E-state index contributed by atoms with van der Waals surface area (Å²) in [5, 5.41) is 13.2. The molecule has 2 aromatic rings. The van der Waals surface area contributed by atoms with Crippen LogP contribution in [0.15, 0.2) is 24.3 Å². The Kier molecular flexibility index (Phi) is 4.09. The van der Waals surface area contributed by atoms with Crippen molar-refractivity contribution in [3.8, 4) is 0 Å². The van der Waals surface area contributed by atoms with Crippen molar-refractivity contribution < 1.29 is 14.7 Å². The molecule has 1 saturated heterocycles. The number of carbonyl (C=O) groups is 2. The van der Waals surface area contributed by atoms with Gasteiger partial charge in [0, 0.05) is 41.3 Å². The molecule has 0 spiro atoms. The molecule has 1 aliphatic heterocycles. The number of aliphatic hydroxyl groups excluding tert-OH is 1. The maximum Gasteiger partial charge on any atom is 0.313 e. The molecule has 0 bridgehead atoms. The molecule has 2 unspecified atom stereocenters. The van der Waals surface area contributed by atoms with Crippen molar-refractivity contribution >= 4 is 28.4 Å². The van der Waals surface area contributed by atoms with Gasteiger partial charge in [-0.05, 0) is 44.5 Å². The Labute approximate surface area is 134 Å². The topological polar surface area (TPSA) is 85.4 Å². The van der Waals surface area contributed by atoms with Crippen molar-refractivity contribution in [3.05, 3.63) is 30.0 Å². The number of aromatic nitrogens is 1. The summed E-state index contributed by atoms with van der Waals surface area (Å²) in [5.41, 5.74) is 2.63. The van der Waals surface area contributed by atoms with E-state index in [1.807, 2.05) is 25.1 Å². The first-order valence-corrected chi connectivity index (χ1v) is 7.82. The van der Waals surface area contributed by atoms with Crippen molar-refractivity contribution in [1.29, 1.82) is 0 Å². The van der Waals surface area contributed by atoms with Crippen molar-refractivity contribution in [2.45, 2.75) is 26.4 Å². The second kappa shape index (κ2) is 6.04. The number of rotatable bonds is 2. The first-order chi connectivity index (χ1) is 10.9. The summed E-state index contributed by atoms with van der Waals surface area (Å²) >= 11 is 0. The van der Waals surface area contributed by atoms with Crippen LogP contribution < -0.4 is 5.32 Å². The quantitative estimate of drug-likeness (QED) is 0.737. The summed E-state index contributed by atoms with van der Waals surface area (Å²) in [6.07, 6.45) is 0.265. The summed E-state index contributed by atoms with van der Waals surface area (Å²) in [7, 11) is 0. The van der Waals surface area contributed by atoms with Gasteiger partial charge in [-0.3, -0.25) is 9.59 Å². The number of anilines is 1. The zero-order chi connectivity index (χ0) is 16.6. The lowest BCUT2D eigenvalue weighted by atomic mass is 10.0. The summed E-state index contributed by atoms with van der Waals surface area (Å²) < 4.78 is 0. The maximum atomic E-state index is 12.2. The van der Waals surface area contributed by atoms with Crippen LogP contribution in [0.2, 0.25) is 0 Å². The number of carbonyl (C=O) groups excluding carboxylic acids is 2. The minimum absolute atomic E-state index is 0.0472. The maximum absolute atomic E-state index is 12.2. The molecule has 6 heteroatoms. The van der Waals surface area contributed by atoms with E-state index in [1.165, 1.54) is 4.90 Å². The van der Waals surface area contributed by atoms with Crippen LogP contribution in [0, 0.1) is 12.8 Å². The monoisotopic (exact) mass is 315 g/mol. The predicted molar refractivity (Wildman–Crippen MR) is 88.0 cm³/mol. The molecule has 1 aromatic heterocycles. The number of benzene rings is 1. The van der Waals surface area contributed by atoms with E-state index in [0.717, 1.165) is 23.0 Å². The Balaban J connectivity index is 1.66. The van der Waals surface area contributed by atoms with Gasteiger partial charge in [-0.15, -0.1) is 0 Å². The lowest BCUT2D eigenvalue weighted by Crippen LogP contribution is -2.38. The Hall–Kier alpha value is -2.34. The number of aliphatic hydroxyl groups is 1. The van der Waals surface area contributed by atoms with E-state index in [-0.39, 0.29) is 5.92 Å². The first-order valence-electron chi connectivity index (χ1n) is 7.82. The van der Waals surface area contributed by atoms with E-state index in [2.05, 4.69) is 10.3 Å². The molecule has 3 N–H and O–H groups in total. The van der Waals surface area contributed by atoms with E-state index < -0.39 is 17.9 Å². The van der Waals surface area contributed by atoms with E-state index in [1.54, 1.807) is 13.0 Å². The van der Waals surface area contributed by atoms with Gasteiger partial charge in [0.2, 0.25) is 0 Å². The normalized spacial score (nSPS) is 19.1. The summed E-state index contributed by atoms with van der Waals surface area (Å²) in [6, 6.07) is 7.47. The molecule has 2 heterocycles. The predicted octanol–water partition coefficient (Wildman–Crippen LogP) is 1.64. The second-order valence-electron chi connectivity index (χ2n) is 6.25. The lowest BCUT2D eigenvalue weighted by Gasteiger charge is -2.17. The van der Waals surface area contributed by atoms with Crippen LogP contribution in [0.25, 0.3) is 10.9 Å². The number of aryl methyl sites for hydroxylation is 1. The van der Waals surface area contributed by atoms with Gasteiger partial charge in [-0.25, -0.2) is 0 Å². The number of fused-ring (bicyclic) bond motifs is 1. The van der Waals surface area contributed by atoms with E-state index in [4.69, 9.17) is 0 Å². The van der Waals surface area contributed by atoms with Crippen molar-refractivity contribution in [3.63, 3.8) is 0 Å². The molecule has 3 rings (SSSR count). The minimum atomic E-state index is -0.636. The van der Waals surface area contributed by atoms with Gasteiger partial charge in [0.15, 0.2) is 0 Å². The van der Waals surface area contributed by atoms with Crippen LogP contribution in [-0.4, -0.2) is 46.0 Å². The van der Waals surface area contributed by atoms with Gasteiger partial charge < -0.3 is 20.3 Å². The number of nitrogens with zero attached hydrogens (tertiary/aromatic N) is 1. The Morgan fingerprint density at radius 3 is 2.87 bits per heavy atom. The average molecular weight is 315 g/mol. The third-order valence-corrected chi connectivity index (χ3v) is 4.40. The van der Waals surface area contributed by atoms with Gasteiger partial charge in [0.25, 0.3) is 0 Å². The van der Waals surface area contributed by atoms with Crippen LogP contribution in [0.4, 0.5) is 5.69 Å². The third kappa shape index (κ3) is 3.22. The summed E-state index contributed by atoms with van der Waals surface area (Å²) in [6.45, 7) is 4.62. The molecule has 122 valence electrons. The fraction of sp³-hybridized carbons (Fsp3) is 0.412. The highest BCUT2D eigenvalue weighted by molar-refractivity contribution is 6.39. The summed E-state index contributed by atoms with van der Waals surface area (Å²) in [5.74, 6) is -1.13. The molecule has 1 aromatic carbocycles. The number of nitrogens with one attached hydrogen (secondary N) is 2. The van der Waals surface area contributed by atoms with E-state index in [0.29, 0.717) is 18.8 Å². The standard InChI is InChI=1S/C17H21N3O3/c1-10-7-13-8-14(3-4-15(13)18-10)19-16(22)17(23)20-6-5-12(9-20)11(2)21/h3-4,7-8,11-12,18,21H,5-6,9H2,1-2H3,(H,19,22). The van der Waals surface area contributed by atoms with Gasteiger partial charge in [0.05, 0.1) is 6.10 Å². The van der Waals surface area contributed by atoms with Gasteiger partial charge in [-0.1, -0.05) is 0 Å². The number of H-pyrrole nitrogens is 1. The van der Waals surface area contributed by atoms with E-state index in [9.17, 15) is 14.7 Å². The average Bonchev–Trinajstić information content (AvgIpc) is 3.11. The fourth-order valence-corrected chi connectivity index (χ4v) is 3.05. The second-order valence-corrected chi connectivity index (χ2v) is 6.25. The molecule has 6 nitrogen and oxygen atoms in total. The van der Waals surface area contributed by atoms with Crippen LogP contribution in [0.1, 0.15) is 19.0 Å². The Morgan fingerprint density at radius 1 is 1.39 bits per heavy atom. The van der Waals surface area contributed by atoms with Crippen LogP contribution in [0.3, 0.4) is 0 Å². The number of hydrogen-bond acceptors (Lipinski definition) is 3. The highest BCUT2D eigenvalue weighted by Gasteiger charge is 2.32.